The third-order valence-electron chi connectivity index (χ3n) is 3.73. The van der Waals surface area contributed by atoms with Crippen LogP contribution in [0.5, 0.6) is 0 Å². The van der Waals surface area contributed by atoms with Crippen LogP contribution in [0.15, 0.2) is 30.3 Å². The van der Waals surface area contributed by atoms with Crippen LogP contribution in [0, 0.1) is 0 Å². The van der Waals surface area contributed by atoms with Gasteiger partial charge in [0.15, 0.2) is 0 Å². The van der Waals surface area contributed by atoms with E-state index in [1.807, 2.05) is 0 Å². The van der Waals surface area contributed by atoms with Crippen LogP contribution in [0.3, 0.4) is 0 Å². The smallest absolute Gasteiger partial charge is 0.327 e. The molecule has 0 heterocycles. The minimum absolute atomic E-state index is 0.132. The van der Waals surface area contributed by atoms with E-state index in [1.54, 1.807) is 30.3 Å². The Kier molecular flexibility index (Phi) is 9.99. The molecule has 11 heteroatoms. The number of hydrogen-bond acceptors (Lipinski definition) is 7. The van der Waals surface area contributed by atoms with Gasteiger partial charge in [0.2, 0.25) is 17.7 Å². The van der Waals surface area contributed by atoms with Crippen molar-refractivity contribution in [1.29, 1.82) is 0 Å². The van der Waals surface area contributed by atoms with Crippen LogP contribution < -0.4 is 21.7 Å². The van der Waals surface area contributed by atoms with Gasteiger partial charge in [-0.15, -0.1) is 0 Å². The Bertz CT molecular complexity index is 687. The second-order valence-electron chi connectivity index (χ2n) is 5.84. The lowest BCUT2D eigenvalue weighted by molar-refractivity contribution is -0.141. The molecule has 0 aromatic heterocycles. The Labute approximate surface area is 167 Å². The van der Waals surface area contributed by atoms with Crippen molar-refractivity contribution in [2.75, 3.05) is 18.9 Å². The lowest BCUT2D eigenvalue weighted by Gasteiger charge is -2.23. The van der Waals surface area contributed by atoms with Crippen LogP contribution >= 0.6 is 12.6 Å². The molecule has 1 rings (SSSR count). The highest BCUT2D eigenvalue weighted by molar-refractivity contribution is 7.80. The number of hydrogen-bond donors (Lipinski definition) is 7. The van der Waals surface area contributed by atoms with Crippen molar-refractivity contribution in [3.8, 4) is 0 Å². The normalized spacial score (nSPS) is 13.7. The number of carbonyl (C=O) groups is 4. The molecule has 0 spiro atoms. The number of rotatable bonds is 11. The van der Waals surface area contributed by atoms with Crippen molar-refractivity contribution in [1.82, 2.24) is 16.0 Å². The topological polar surface area (TPSA) is 171 Å². The Morgan fingerprint density at radius 1 is 0.964 bits per heavy atom. The molecule has 0 aliphatic rings. The van der Waals surface area contributed by atoms with Gasteiger partial charge in [0, 0.05) is 12.2 Å². The number of carboxylic acid groups (broad SMARTS) is 1. The first-order valence-electron chi connectivity index (χ1n) is 8.41. The Morgan fingerprint density at radius 3 is 2.04 bits per heavy atom. The molecule has 0 bridgehead atoms. The first-order valence-corrected chi connectivity index (χ1v) is 9.04. The van der Waals surface area contributed by atoms with Gasteiger partial charge in [-0.1, -0.05) is 30.3 Å². The summed E-state index contributed by atoms with van der Waals surface area (Å²) in [7, 11) is 0. The number of aliphatic carboxylic acids is 1. The highest BCUT2D eigenvalue weighted by atomic mass is 32.1. The lowest BCUT2D eigenvalue weighted by atomic mass is 10.0. The van der Waals surface area contributed by atoms with E-state index in [2.05, 4.69) is 28.6 Å². The van der Waals surface area contributed by atoms with Gasteiger partial charge < -0.3 is 31.9 Å². The summed E-state index contributed by atoms with van der Waals surface area (Å²) in [6, 6.07) is 5.13. The number of aliphatic hydroxyl groups is 1. The maximum absolute atomic E-state index is 12.6. The summed E-state index contributed by atoms with van der Waals surface area (Å²) < 4.78 is 0. The number of thiol groups is 1. The van der Waals surface area contributed by atoms with Gasteiger partial charge in [-0.25, -0.2) is 4.79 Å². The lowest BCUT2D eigenvalue weighted by Crippen LogP contribution is -2.58. The Hall–Kier alpha value is -2.63. The summed E-state index contributed by atoms with van der Waals surface area (Å²) in [5, 5.41) is 25.3. The van der Waals surface area contributed by atoms with Crippen molar-refractivity contribution in [2.45, 2.75) is 24.5 Å². The molecule has 0 fully saturated rings. The van der Waals surface area contributed by atoms with E-state index in [-0.39, 0.29) is 18.7 Å². The monoisotopic (exact) mass is 412 g/mol. The molecule has 3 atom stereocenters. The maximum Gasteiger partial charge on any atom is 0.327 e. The van der Waals surface area contributed by atoms with Crippen LogP contribution in [0.1, 0.15) is 5.56 Å². The van der Waals surface area contributed by atoms with Gasteiger partial charge in [-0.3, -0.25) is 14.4 Å². The molecule has 154 valence electrons. The van der Waals surface area contributed by atoms with Crippen molar-refractivity contribution in [3.05, 3.63) is 35.9 Å². The third kappa shape index (κ3) is 7.55. The molecular formula is C17H24N4O6S. The number of nitrogens with one attached hydrogen (secondary N) is 3. The summed E-state index contributed by atoms with van der Waals surface area (Å²) in [6.45, 7) is -1.09. The molecule has 7 N–H and O–H groups in total. The largest absolute Gasteiger partial charge is 0.480 e. The highest BCUT2D eigenvalue weighted by Gasteiger charge is 2.28. The van der Waals surface area contributed by atoms with Gasteiger partial charge >= 0.3 is 5.97 Å². The van der Waals surface area contributed by atoms with E-state index < -0.39 is 48.4 Å². The number of nitrogens with two attached hydrogens (primary N) is 1. The minimum atomic E-state index is -1.40. The van der Waals surface area contributed by atoms with Crippen molar-refractivity contribution >= 4 is 36.3 Å². The van der Waals surface area contributed by atoms with Gasteiger partial charge in [0.05, 0.1) is 13.2 Å². The second kappa shape index (κ2) is 12.0. The quantitative estimate of drug-likeness (QED) is 0.199. The SMILES string of the molecule is NCC(=O)NC(Cc1ccccc1)C(=O)NC(CO)C(=O)NC(CS)C(=O)O. The van der Waals surface area contributed by atoms with E-state index in [0.29, 0.717) is 0 Å². The van der Waals surface area contributed by atoms with Gasteiger partial charge in [0.1, 0.15) is 18.1 Å². The molecule has 0 radical (unpaired) electrons. The zero-order valence-corrected chi connectivity index (χ0v) is 15.9. The fourth-order valence-corrected chi connectivity index (χ4v) is 2.48. The van der Waals surface area contributed by atoms with E-state index in [0.717, 1.165) is 5.56 Å². The summed E-state index contributed by atoms with van der Waals surface area (Å²) in [6.07, 6.45) is 0.132. The van der Waals surface area contributed by atoms with E-state index in [1.165, 1.54) is 0 Å². The maximum atomic E-state index is 12.6. The molecule has 0 aliphatic heterocycles. The van der Waals surface area contributed by atoms with Crippen LogP contribution in [0.2, 0.25) is 0 Å². The predicted molar refractivity (Wildman–Crippen MR) is 104 cm³/mol. The van der Waals surface area contributed by atoms with Crippen molar-refractivity contribution in [3.63, 3.8) is 0 Å². The van der Waals surface area contributed by atoms with Crippen LogP contribution in [0.25, 0.3) is 0 Å². The zero-order valence-electron chi connectivity index (χ0n) is 15.0. The molecule has 0 saturated carbocycles. The van der Waals surface area contributed by atoms with Gasteiger partial charge in [0.25, 0.3) is 0 Å². The van der Waals surface area contributed by atoms with Crippen molar-refractivity contribution < 1.29 is 29.4 Å². The third-order valence-corrected chi connectivity index (χ3v) is 4.10. The first-order chi connectivity index (χ1) is 13.3. The number of carbonyl (C=O) groups excluding carboxylic acids is 3. The average Bonchev–Trinajstić information content (AvgIpc) is 2.69. The molecule has 0 aliphatic carbocycles. The standard InChI is InChI=1S/C17H24N4O6S/c18-7-14(23)19-11(6-10-4-2-1-3-5-10)15(24)20-12(8-22)16(25)21-13(9-28)17(26)27/h1-5,11-13,22,28H,6-9,18H2,(H,19,23)(H,20,24)(H,21,25)(H,26,27). The Morgan fingerprint density at radius 2 is 1.54 bits per heavy atom. The highest BCUT2D eigenvalue weighted by Crippen LogP contribution is 2.04. The van der Waals surface area contributed by atoms with Gasteiger partial charge in [-0.2, -0.15) is 12.6 Å². The van der Waals surface area contributed by atoms with Crippen LogP contribution in [-0.4, -0.2) is 70.9 Å². The predicted octanol–water partition coefficient (Wildman–Crippen LogP) is -2.35. The molecule has 0 saturated heterocycles. The van der Waals surface area contributed by atoms with E-state index >= 15 is 0 Å². The van der Waals surface area contributed by atoms with Crippen LogP contribution in [0.4, 0.5) is 0 Å². The van der Waals surface area contributed by atoms with E-state index in [9.17, 15) is 24.3 Å². The summed E-state index contributed by atoms with van der Waals surface area (Å²) in [4.78, 5) is 47.4. The number of amides is 3. The minimum Gasteiger partial charge on any atom is -0.480 e. The molecule has 1 aromatic carbocycles. The van der Waals surface area contributed by atoms with E-state index in [4.69, 9.17) is 10.8 Å². The van der Waals surface area contributed by atoms with Crippen LogP contribution in [-0.2, 0) is 25.6 Å². The molecule has 28 heavy (non-hydrogen) atoms. The summed E-state index contributed by atoms with van der Waals surface area (Å²) in [5.41, 5.74) is 6.03. The molecule has 1 aromatic rings. The number of benzene rings is 1. The number of carboxylic acids is 1. The Balaban J connectivity index is 2.86. The number of aliphatic hydroxyl groups excluding tert-OH is 1. The van der Waals surface area contributed by atoms with Crippen molar-refractivity contribution in [2.24, 2.45) is 5.73 Å². The fraction of sp³-hybridized carbons (Fsp3) is 0.412. The summed E-state index contributed by atoms with van der Waals surface area (Å²) >= 11 is 3.83. The second-order valence-corrected chi connectivity index (χ2v) is 6.20. The molecular weight excluding hydrogens is 388 g/mol. The molecule has 3 unspecified atom stereocenters. The average molecular weight is 412 g/mol. The molecule has 10 nitrogen and oxygen atoms in total. The zero-order chi connectivity index (χ0) is 21.1. The first kappa shape index (κ1) is 23.4. The van der Waals surface area contributed by atoms with Gasteiger partial charge in [-0.05, 0) is 5.56 Å². The summed E-state index contributed by atoms with van der Waals surface area (Å²) in [5.74, 6) is -3.65. The fourth-order valence-electron chi connectivity index (χ4n) is 2.24. The molecule has 3 amide bonds.